The first-order valence-electron chi connectivity index (χ1n) is 9.43. The molecule has 29 heavy (non-hydrogen) atoms. The molecule has 1 aliphatic heterocycles. The molecule has 2 aromatic carbocycles. The van der Waals surface area contributed by atoms with Gasteiger partial charge in [-0.25, -0.2) is 8.42 Å². The lowest BCUT2D eigenvalue weighted by Crippen LogP contribution is -2.41. The molecule has 0 spiro atoms. The highest BCUT2D eigenvalue weighted by Gasteiger charge is 2.25. The number of rotatable bonds is 7. The maximum Gasteiger partial charge on any atom is 0.241 e. The standard InChI is InChI=1S/C21H26N2O5S/c1-5-18(17-8-6-14(2)10-15(17)3)22-21(24)12-23(29(4,25)26)16-7-9-19-20(11-16)28-13-27-19/h6-11,18H,5,12-13H2,1-4H3,(H,22,24)/t18-/m1/s1. The lowest BCUT2D eigenvalue weighted by Gasteiger charge is -2.25. The summed E-state index contributed by atoms with van der Waals surface area (Å²) in [5, 5.41) is 2.97. The van der Waals surface area contributed by atoms with Gasteiger partial charge in [0.2, 0.25) is 22.7 Å². The topological polar surface area (TPSA) is 84.9 Å². The van der Waals surface area contributed by atoms with Crippen molar-refractivity contribution in [3.8, 4) is 11.5 Å². The summed E-state index contributed by atoms with van der Waals surface area (Å²) in [5.74, 6) is 0.630. The van der Waals surface area contributed by atoms with E-state index in [1.165, 1.54) is 0 Å². The summed E-state index contributed by atoms with van der Waals surface area (Å²) in [4.78, 5) is 12.8. The zero-order chi connectivity index (χ0) is 21.2. The Bertz CT molecular complexity index is 1020. The highest BCUT2D eigenvalue weighted by Crippen LogP contribution is 2.36. The van der Waals surface area contributed by atoms with Crippen molar-refractivity contribution >= 4 is 21.6 Å². The monoisotopic (exact) mass is 418 g/mol. The Labute approximate surface area is 171 Å². The normalized spacial score (nSPS) is 13.8. The average Bonchev–Trinajstić information content (AvgIpc) is 3.11. The summed E-state index contributed by atoms with van der Waals surface area (Å²) in [6, 6.07) is 10.7. The molecule has 0 aliphatic carbocycles. The molecule has 0 bridgehead atoms. The molecule has 7 nitrogen and oxygen atoms in total. The van der Waals surface area contributed by atoms with Crippen molar-refractivity contribution in [3.63, 3.8) is 0 Å². The van der Waals surface area contributed by atoms with Gasteiger partial charge in [0.25, 0.3) is 0 Å². The van der Waals surface area contributed by atoms with Gasteiger partial charge in [0, 0.05) is 6.07 Å². The van der Waals surface area contributed by atoms with E-state index in [0.29, 0.717) is 23.6 Å². The average molecular weight is 419 g/mol. The molecular weight excluding hydrogens is 392 g/mol. The summed E-state index contributed by atoms with van der Waals surface area (Å²) >= 11 is 0. The first kappa shape index (κ1) is 21.0. The number of aryl methyl sites for hydroxylation is 2. The van der Waals surface area contributed by atoms with Crippen molar-refractivity contribution in [2.45, 2.75) is 33.2 Å². The van der Waals surface area contributed by atoms with E-state index >= 15 is 0 Å². The van der Waals surface area contributed by atoms with Gasteiger partial charge in [-0.15, -0.1) is 0 Å². The Morgan fingerprint density at radius 1 is 1.14 bits per heavy atom. The lowest BCUT2D eigenvalue weighted by atomic mass is 9.97. The van der Waals surface area contributed by atoms with Gasteiger partial charge in [-0.05, 0) is 43.5 Å². The van der Waals surface area contributed by atoms with E-state index in [1.807, 2.05) is 32.9 Å². The number of anilines is 1. The third-order valence-electron chi connectivity index (χ3n) is 4.88. The fraction of sp³-hybridized carbons (Fsp3) is 0.381. The minimum Gasteiger partial charge on any atom is -0.454 e. The molecule has 1 aliphatic rings. The zero-order valence-corrected chi connectivity index (χ0v) is 17.9. The number of hydrogen-bond donors (Lipinski definition) is 1. The second kappa shape index (κ2) is 8.32. The van der Waals surface area contributed by atoms with Crippen LogP contribution in [0, 0.1) is 13.8 Å². The minimum absolute atomic E-state index is 0.0895. The second-order valence-corrected chi connectivity index (χ2v) is 9.10. The predicted octanol–water partition coefficient (Wildman–Crippen LogP) is 3.07. The number of carbonyl (C=O) groups excluding carboxylic acids is 1. The number of hydrogen-bond acceptors (Lipinski definition) is 5. The Balaban J connectivity index is 1.80. The molecule has 0 fully saturated rings. The highest BCUT2D eigenvalue weighted by molar-refractivity contribution is 7.92. The molecule has 0 saturated heterocycles. The van der Waals surface area contributed by atoms with Crippen LogP contribution in [0.15, 0.2) is 36.4 Å². The van der Waals surface area contributed by atoms with E-state index in [-0.39, 0.29) is 25.3 Å². The molecule has 1 heterocycles. The molecule has 0 radical (unpaired) electrons. The van der Waals surface area contributed by atoms with Gasteiger partial charge in [0.05, 0.1) is 18.0 Å². The van der Waals surface area contributed by atoms with Gasteiger partial charge >= 0.3 is 0 Å². The summed E-state index contributed by atoms with van der Waals surface area (Å²) in [6.45, 7) is 5.78. The summed E-state index contributed by atoms with van der Waals surface area (Å²) < 4.78 is 36.4. The number of amides is 1. The van der Waals surface area contributed by atoms with E-state index in [2.05, 4.69) is 11.4 Å². The highest BCUT2D eigenvalue weighted by atomic mass is 32.2. The van der Waals surface area contributed by atoms with Crippen LogP contribution in [0.1, 0.15) is 36.1 Å². The number of benzene rings is 2. The Morgan fingerprint density at radius 2 is 1.86 bits per heavy atom. The number of sulfonamides is 1. The minimum atomic E-state index is -3.68. The number of nitrogens with zero attached hydrogens (tertiary/aromatic N) is 1. The molecule has 0 saturated carbocycles. The SMILES string of the molecule is CC[C@@H](NC(=O)CN(c1ccc2c(c1)OCO2)S(C)(=O)=O)c1ccc(C)cc1C. The molecule has 156 valence electrons. The summed E-state index contributed by atoms with van der Waals surface area (Å²) in [5.41, 5.74) is 3.62. The zero-order valence-electron chi connectivity index (χ0n) is 17.1. The van der Waals surface area contributed by atoms with Gasteiger partial charge in [-0.2, -0.15) is 0 Å². The quantitative estimate of drug-likeness (QED) is 0.747. The molecule has 3 rings (SSSR count). The third-order valence-corrected chi connectivity index (χ3v) is 6.02. The fourth-order valence-electron chi connectivity index (χ4n) is 3.43. The molecule has 1 atom stereocenters. The van der Waals surface area contributed by atoms with Crippen LogP contribution in [-0.4, -0.2) is 33.9 Å². The summed E-state index contributed by atoms with van der Waals surface area (Å²) in [7, 11) is -3.68. The van der Waals surface area contributed by atoms with Crippen molar-refractivity contribution in [2.24, 2.45) is 0 Å². The Hall–Kier alpha value is -2.74. The Morgan fingerprint density at radius 3 is 2.52 bits per heavy atom. The third kappa shape index (κ3) is 4.82. The van der Waals surface area contributed by atoms with Crippen LogP contribution in [0.5, 0.6) is 11.5 Å². The van der Waals surface area contributed by atoms with Crippen LogP contribution in [-0.2, 0) is 14.8 Å². The van der Waals surface area contributed by atoms with Crippen LogP contribution in [0.3, 0.4) is 0 Å². The van der Waals surface area contributed by atoms with Crippen molar-refractivity contribution in [1.29, 1.82) is 0 Å². The van der Waals surface area contributed by atoms with Crippen molar-refractivity contribution < 1.29 is 22.7 Å². The van der Waals surface area contributed by atoms with Gasteiger partial charge in [0.15, 0.2) is 11.5 Å². The largest absolute Gasteiger partial charge is 0.454 e. The molecule has 2 aromatic rings. The van der Waals surface area contributed by atoms with Gasteiger partial charge < -0.3 is 14.8 Å². The van der Waals surface area contributed by atoms with E-state index < -0.39 is 10.0 Å². The van der Waals surface area contributed by atoms with Crippen LogP contribution < -0.4 is 19.1 Å². The van der Waals surface area contributed by atoms with E-state index in [4.69, 9.17) is 9.47 Å². The van der Waals surface area contributed by atoms with Gasteiger partial charge in [-0.1, -0.05) is 30.7 Å². The van der Waals surface area contributed by atoms with Crippen LogP contribution in [0.4, 0.5) is 5.69 Å². The first-order chi connectivity index (χ1) is 13.7. The maximum absolute atomic E-state index is 12.8. The molecule has 1 amide bonds. The number of ether oxygens (including phenoxy) is 2. The van der Waals surface area contributed by atoms with Crippen LogP contribution >= 0.6 is 0 Å². The van der Waals surface area contributed by atoms with Gasteiger partial charge in [-0.3, -0.25) is 9.10 Å². The fourth-order valence-corrected chi connectivity index (χ4v) is 4.28. The van der Waals surface area contributed by atoms with E-state index in [9.17, 15) is 13.2 Å². The Kier molecular flexibility index (Phi) is 6.02. The number of carbonyl (C=O) groups is 1. The second-order valence-electron chi connectivity index (χ2n) is 7.20. The first-order valence-corrected chi connectivity index (χ1v) is 11.3. The molecule has 0 unspecified atom stereocenters. The smallest absolute Gasteiger partial charge is 0.241 e. The van der Waals surface area contributed by atoms with E-state index in [1.54, 1.807) is 18.2 Å². The van der Waals surface area contributed by atoms with E-state index in [0.717, 1.165) is 27.3 Å². The molecule has 1 N–H and O–H groups in total. The summed E-state index contributed by atoms with van der Waals surface area (Å²) in [6.07, 6.45) is 1.77. The maximum atomic E-state index is 12.8. The van der Waals surface area contributed by atoms with Crippen molar-refractivity contribution in [1.82, 2.24) is 5.32 Å². The molecule has 0 aromatic heterocycles. The van der Waals surface area contributed by atoms with Crippen molar-refractivity contribution in [3.05, 3.63) is 53.1 Å². The predicted molar refractivity (Wildman–Crippen MR) is 112 cm³/mol. The van der Waals surface area contributed by atoms with Crippen LogP contribution in [0.2, 0.25) is 0 Å². The van der Waals surface area contributed by atoms with Crippen molar-refractivity contribution in [2.75, 3.05) is 23.9 Å². The number of fused-ring (bicyclic) bond motifs is 1. The van der Waals surface area contributed by atoms with Crippen LogP contribution in [0.25, 0.3) is 0 Å². The molecule has 8 heteroatoms. The lowest BCUT2D eigenvalue weighted by molar-refractivity contribution is -0.120. The van der Waals surface area contributed by atoms with Gasteiger partial charge in [0.1, 0.15) is 6.54 Å². The molecular formula is C21H26N2O5S. The number of nitrogens with one attached hydrogen (secondary N) is 1.